The molecule has 1 heterocycles. The fourth-order valence-corrected chi connectivity index (χ4v) is 1.31. The Balaban J connectivity index is 2.46. The molecule has 0 bridgehead atoms. The van der Waals surface area contributed by atoms with Crippen LogP contribution in [0.15, 0.2) is 30.7 Å². The van der Waals surface area contributed by atoms with Crippen LogP contribution in [0, 0.1) is 5.82 Å². The quantitative estimate of drug-likeness (QED) is 0.758. The summed E-state index contributed by atoms with van der Waals surface area (Å²) in [5.41, 5.74) is 7.67. The van der Waals surface area contributed by atoms with Crippen molar-refractivity contribution in [2.45, 2.75) is 6.54 Å². The predicted octanol–water partition coefficient (Wildman–Crippen LogP) is 1.67. The van der Waals surface area contributed by atoms with E-state index in [-0.39, 0.29) is 12.4 Å². The lowest BCUT2D eigenvalue weighted by Crippen LogP contribution is -1.99. The molecule has 3 nitrogen and oxygen atoms in total. The van der Waals surface area contributed by atoms with Crippen molar-refractivity contribution in [3.05, 3.63) is 42.1 Å². The zero-order valence-electron chi connectivity index (χ0n) is 7.50. The number of nitrogens with zero attached hydrogens (tertiary/aromatic N) is 1. The Bertz CT molecular complexity index is 423. The molecule has 4 heteroatoms. The number of nitrogens with one attached hydrogen (secondary N) is 1. The lowest BCUT2D eigenvalue weighted by molar-refractivity contribution is 0.611. The zero-order chi connectivity index (χ0) is 9.97. The Morgan fingerprint density at radius 3 is 2.93 bits per heavy atom. The Morgan fingerprint density at radius 1 is 1.43 bits per heavy atom. The van der Waals surface area contributed by atoms with Gasteiger partial charge in [0.05, 0.1) is 18.2 Å². The highest BCUT2D eigenvalue weighted by molar-refractivity contribution is 5.59. The first kappa shape index (κ1) is 8.90. The van der Waals surface area contributed by atoms with E-state index in [1.165, 1.54) is 6.07 Å². The maximum absolute atomic E-state index is 13.1. The van der Waals surface area contributed by atoms with Crippen LogP contribution in [-0.2, 0) is 6.54 Å². The molecule has 0 atom stereocenters. The van der Waals surface area contributed by atoms with Crippen LogP contribution in [0.3, 0.4) is 0 Å². The van der Waals surface area contributed by atoms with Crippen LogP contribution in [-0.4, -0.2) is 9.97 Å². The molecule has 0 aliphatic heterocycles. The van der Waals surface area contributed by atoms with Crippen molar-refractivity contribution >= 4 is 0 Å². The van der Waals surface area contributed by atoms with Crippen LogP contribution in [0.4, 0.5) is 4.39 Å². The van der Waals surface area contributed by atoms with E-state index >= 15 is 0 Å². The van der Waals surface area contributed by atoms with Crippen LogP contribution in [0.5, 0.6) is 0 Å². The standard InChI is InChI=1S/C10H10FN3/c11-9-2-1-7(3-8(9)4-12)10-5-13-6-14-10/h1-3,5-6H,4,12H2,(H,13,14). The third-order valence-corrected chi connectivity index (χ3v) is 2.07. The van der Waals surface area contributed by atoms with Crippen molar-refractivity contribution in [3.63, 3.8) is 0 Å². The average Bonchev–Trinajstić information content (AvgIpc) is 2.71. The maximum Gasteiger partial charge on any atom is 0.127 e. The molecule has 0 saturated carbocycles. The number of H-pyrrole nitrogens is 1. The minimum absolute atomic E-state index is 0.202. The molecule has 0 unspecified atom stereocenters. The normalized spacial score (nSPS) is 10.4. The highest BCUT2D eigenvalue weighted by atomic mass is 19.1. The third-order valence-electron chi connectivity index (χ3n) is 2.07. The first-order valence-corrected chi connectivity index (χ1v) is 4.28. The third kappa shape index (κ3) is 1.52. The molecule has 1 aromatic carbocycles. The summed E-state index contributed by atoms with van der Waals surface area (Å²) in [6.07, 6.45) is 3.27. The highest BCUT2D eigenvalue weighted by Crippen LogP contribution is 2.19. The summed E-state index contributed by atoms with van der Waals surface area (Å²) >= 11 is 0. The van der Waals surface area contributed by atoms with Gasteiger partial charge in [-0.3, -0.25) is 0 Å². The minimum Gasteiger partial charge on any atom is -0.345 e. The van der Waals surface area contributed by atoms with Crippen molar-refractivity contribution in [1.82, 2.24) is 9.97 Å². The summed E-state index contributed by atoms with van der Waals surface area (Å²) in [7, 11) is 0. The first-order chi connectivity index (χ1) is 6.81. The number of hydrogen-bond acceptors (Lipinski definition) is 2. The zero-order valence-corrected chi connectivity index (χ0v) is 7.50. The number of halogens is 1. The van der Waals surface area contributed by atoms with Gasteiger partial charge in [0.2, 0.25) is 0 Å². The fraction of sp³-hybridized carbons (Fsp3) is 0.100. The Kier molecular flexibility index (Phi) is 2.28. The van der Waals surface area contributed by atoms with Gasteiger partial charge in [0, 0.05) is 17.7 Å². The number of aromatic nitrogens is 2. The van der Waals surface area contributed by atoms with Gasteiger partial charge in [0.25, 0.3) is 0 Å². The summed E-state index contributed by atoms with van der Waals surface area (Å²) < 4.78 is 13.1. The van der Waals surface area contributed by atoms with E-state index in [0.29, 0.717) is 5.56 Å². The maximum atomic E-state index is 13.1. The van der Waals surface area contributed by atoms with E-state index < -0.39 is 0 Å². The van der Waals surface area contributed by atoms with Gasteiger partial charge < -0.3 is 10.7 Å². The van der Waals surface area contributed by atoms with Crippen LogP contribution >= 0.6 is 0 Å². The summed E-state index contributed by atoms with van der Waals surface area (Å²) in [5.74, 6) is -0.268. The van der Waals surface area contributed by atoms with E-state index in [0.717, 1.165) is 11.3 Å². The van der Waals surface area contributed by atoms with Gasteiger partial charge in [0.1, 0.15) is 5.82 Å². The van der Waals surface area contributed by atoms with E-state index in [4.69, 9.17) is 5.73 Å². The molecule has 14 heavy (non-hydrogen) atoms. The van der Waals surface area contributed by atoms with Gasteiger partial charge in [-0.1, -0.05) is 0 Å². The molecule has 0 fully saturated rings. The predicted molar refractivity (Wildman–Crippen MR) is 51.9 cm³/mol. The number of benzene rings is 1. The van der Waals surface area contributed by atoms with Gasteiger partial charge in [0.15, 0.2) is 0 Å². The number of rotatable bonds is 2. The van der Waals surface area contributed by atoms with Gasteiger partial charge >= 0.3 is 0 Å². The molecule has 0 radical (unpaired) electrons. The van der Waals surface area contributed by atoms with E-state index in [2.05, 4.69) is 9.97 Å². The molecule has 72 valence electrons. The van der Waals surface area contributed by atoms with Crippen molar-refractivity contribution in [3.8, 4) is 11.3 Å². The second kappa shape index (κ2) is 3.59. The SMILES string of the molecule is NCc1cc(-c2cnc[nH]2)ccc1F. The fourth-order valence-electron chi connectivity index (χ4n) is 1.31. The number of imidazole rings is 1. The molecule has 2 aromatic rings. The molecular weight excluding hydrogens is 181 g/mol. The number of nitrogens with two attached hydrogens (primary N) is 1. The summed E-state index contributed by atoms with van der Waals surface area (Å²) in [4.78, 5) is 6.85. The van der Waals surface area contributed by atoms with Crippen LogP contribution in [0.25, 0.3) is 11.3 Å². The summed E-state index contributed by atoms with van der Waals surface area (Å²) in [6.45, 7) is 0.202. The number of aromatic amines is 1. The molecule has 0 spiro atoms. The van der Waals surface area contributed by atoms with Crippen molar-refractivity contribution in [2.24, 2.45) is 5.73 Å². The summed E-state index contributed by atoms with van der Waals surface area (Å²) in [5, 5.41) is 0. The van der Waals surface area contributed by atoms with Crippen molar-refractivity contribution in [2.75, 3.05) is 0 Å². The molecular formula is C10H10FN3. The largest absolute Gasteiger partial charge is 0.345 e. The Labute approximate surface area is 80.8 Å². The molecule has 1 aromatic heterocycles. The summed E-state index contributed by atoms with van der Waals surface area (Å²) in [6, 6.07) is 4.84. The highest BCUT2D eigenvalue weighted by Gasteiger charge is 2.04. The minimum atomic E-state index is -0.268. The van der Waals surface area contributed by atoms with Gasteiger partial charge in [-0.2, -0.15) is 0 Å². The molecule has 3 N–H and O–H groups in total. The molecule has 0 aliphatic rings. The van der Waals surface area contributed by atoms with E-state index in [1.807, 2.05) is 0 Å². The second-order valence-corrected chi connectivity index (χ2v) is 2.98. The number of hydrogen-bond donors (Lipinski definition) is 2. The molecule has 0 amide bonds. The lowest BCUT2D eigenvalue weighted by Gasteiger charge is -2.02. The molecule has 0 aliphatic carbocycles. The topological polar surface area (TPSA) is 54.7 Å². The van der Waals surface area contributed by atoms with Crippen molar-refractivity contribution < 1.29 is 4.39 Å². The van der Waals surface area contributed by atoms with Gasteiger partial charge in [-0.15, -0.1) is 0 Å². The molecule has 0 saturated heterocycles. The average molecular weight is 191 g/mol. The van der Waals surface area contributed by atoms with Crippen LogP contribution < -0.4 is 5.73 Å². The van der Waals surface area contributed by atoms with Crippen LogP contribution in [0.2, 0.25) is 0 Å². The Morgan fingerprint density at radius 2 is 2.29 bits per heavy atom. The lowest BCUT2D eigenvalue weighted by atomic mass is 10.1. The Hall–Kier alpha value is -1.68. The van der Waals surface area contributed by atoms with Crippen LogP contribution in [0.1, 0.15) is 5.56 Å². The smallest absolute Gasteiger partial charge is 0.127 e. The first-order valence-electron chi connectivity index (χ1n) is 4.28. The van der Waals surface area contributed by atoms with Crippen molar-refractivity contribution in [1.29, 1.82) is 0 Å². The second-order valence-electron chi connectivity index (χ2n) is 2.98. The van der Waals surface area contributed by atoms with E-state index in [9.17, 15) is 4.39 Å². The van der Waals surface area contributed by atoms with E-state index in [1.54, 1.807) is 24.7 Å². The van der Waals surface area contributed by atoms with Gasteiger partial charge in [-0.25, -0.2) is 9.37 Å². The molecule has 2 rings (SSSR count). The van der Waals surface area contributed by atoms with Gasteiger partial charge in [-0.05, 0) is 18.2 Å². The monoisotopic (exact) mass is 191 g/mol.